The van der Waals surface area contributed by atoms with Gasteiger partial charge in [0.05, 0.1) is 5.82 Å². The van der Waals surface area contributed by atoms with Gasteiger partial charge in [0, 0.05) is 12.1 Å². The Morgan fingerprint density at radius 2 is 2.21 bits per heavy atom. The van der Waals surface area contributed by atoms with E-state index in [1.807, 2.05) is 0 Å². The SMILES string of the molecule is C=C(NCCCCCCC(F)C(=O)O)NC12CC=C=C(CCC1)C2. The van der Waals surface area contributed by atoms with Crippen molar-refractivity contribution in [3.05, 3.63) is 29.8 Å². The Labute approximate surface area is 143 Å². The van der Waals surface area contributed by atoms with E-state index in [-0.39, 0.29) is 12.0 Å². The van der Waals surface area contributed by atoms with Crippen molar-refractivity contribution >= 4 is 5.97 Å². The van der Waals surface area contributed by atoms with Crippen molar-refractivity contribution < 1.29 is 14.3 Å². The molecule has 0 aromatic heterocycles. The summed E-state index contributed by atoms with van der Waals surface area (Å²) in [6.45, 7) is 4.92. The maximum atomic E-state index is 12.9. The number of carboxylic acid groups (broad SMARTS) is 1. The first-order valence-electron chi connectivity index (χ1n) is 9.01. The van der Waals surface area contributed by atoms with Crippen LogP contribution in [0.25, 0.3) is 0 Å². The number of carbonyl (C=O) groups is 1. The Balaban J connectivity index is 1.54. The van der Waals surface area contributed by atoms with Crippen LogP contribution in [0.2, 0.25) is 0 Å². The molecule has 0 heterocycles. The minimum absolute atomic E-state index is 0.114. The molecule has 2 unspecified atom stereocenters. The third kappa shape index (κ3) is 5.72. The van der Waals surface area contributed by atoms with E-state index >= 15 is 0 Å². The van der Waals surface area contributed by atoms with Crippen LogP contribution in [0.1, 0.15) is 64.2 Å². The van der Waals surface area contributed by atoms with Crippen LogP contribution in [0, 0.1) is 0 Å². The molecule has 2 aliphatic carbocycles. The molecule has 0 radical (unpaired) electrons. The summed E-state index contributed by atoms with van der Waals surface area (Å²) in [7, 11) is 0. The molecule has 4 nitrogen and oxygen atoms in total. The van der Waals surface area contributed by atoms with Crippen LogP contribution >= 0.6 is 0 Å². The lowest BCUT2D eigenvalue weighted by Gasteiger charge is -2.41. The van der Waals surface area contributed by atoms with E-state index in [1.54, 1.807) is 0 Å². The first kappa shape index (κ1) is 18.6. The van der Waals surface area contributed by atoms with Gasteiger partial charge in [-0.1, -0.05) is 19.4 Å². The maximum Gasteiger partial charge on any atom is 0.338 e. The van der Waals surface area contributed by atoms with Crippen LogP contribution < -0.4 is 10.6 Å². The highest BCUT2D eigenvalue weighted by molar-refractivity contribution is 5.71. The summed E-state index contributed by atoms with van der Waals surface area (Å²) >= 11 is 0. The summed E-state index contributed by atoms with van der Waals surface area (Å²) in [5, 5.41) is 15.4. The van der Waals surface area contributed by atoms with Crippen LogP contribution in [-0.2, 0) is 4.79 Å². The number of rotatable bonds is 11. The van der Waals surface area contributed by atoms with Crippen molar-refractivity contribution in [1.29, 1.82) is 0 Å². The van der Waals surface area contributed by atoms with Gasteiger partial charge < -0.3 is 15.7 Å². The van der Waals surface area contributed by atoms with Crippen LogP contribution in [0.4, 0.5) is 4.39 Å². The first-order valence-corrected chi connectivity index (χ1v) is 9.01. The molecule has 2 aliphatic rings. The first-order chi connectivity index (χ1) is 11.5. The van der Waals surface area contributed by atoms with Gasteiger partial charge in [0.2, 0.25) is 0 Å². The zero-order valence-electron chi connectivity index (χ0n) is 14.4. The predicted molar refractivity (Wildman–Crippen MR) is 93.3 cm³/mol. The molecule has 2 rings (SSSR count). The third-order valence-electron chi connectivity index (χ3n) is 4.89. The number of aliphatic carboxylic acids is 1. The summed E-state index contributed by atoms with van der Waals surface area (Å²) in [6, 6.07) is 0. The van der Waals surface area contributed by atoms with Crippen LogP contribution in [0.5, 0.6) is 0 Å². The average molecular weight is 336 g/mol. The fourth-order valence-electron chi connectivity index (χ4n) is 3.60. The molecule has 0 aromatic rings. The lowest BCUT2D eigenvalue weighted by molar-refractivity contribution is -0.143. The van der Waals surface area contributed by atoms with E-state index in [9.17, 15) is 9.18 Å². The molecule has 2 bridgehead atoms. The molecule has 134 valence electrons. The van der Waals surface area contributed by atoms with Gasteiger partial charge in [-0.3, -0.25) is 0 Å². The molecule has 3 N–H and O–H groups in total. The molecule has 0 spiro atoms. The van der Waals surface area contributed by atoms with Crippen molar-refractivity contribution in [2.45, 2.75) is 75.9 Å². The molecular weight excluding hydrogens is 307 g/mol. The number of halogens is 1. The topological polar surface area (TPSA) is 61.4 Å². The summed E-state index contributed by atoms with van der Waals surface area (Å²) in [5.41, 5.74) is 4.91. The molecule has 0 aromatic carbocycles. The molecule has 2 atom stereocenters. The number of fused-ring (bicyclic) bond motifs is 2. The van der Waals surface area contributed by atoms with Crippen molar-refractivity contribution in [3.63, 3.8) is 0 Å². The van der Waals surface area contributed by atoms with Crippen LogP contribution in [0.15, 0.2) is 29.8 Å². The Hall–Kier alpha value is -1.74. The summed E-state index contributed by atoms with van der Waals surface area (Å²) in [4.78, 5) is 10.4. The van der Waals surface area contributed by atoms with Crippen molar-refractivity contribution in [1.82, 2.24) is 10.6 Å². The lowest BCUT2D eigenvalue weighted by atomic mass is 9.74. The van der Waals surface area contributed by atoms with Gasteiger partial charge in [-0.05, 0) is 63.0 Å². The summed E-state index contributed by atoms with van der Waals surface area (Å²) in [5.74, 6) is -0.474. The Morgan fingerprint density at radius 3 is 3.00 bits per heavy atom. The van der Waals surface area contributed by atoms with Gasteiger partial charge in [0.1, 0.15) is 0 Å². The fraction of sp³-hybridized carbons (Fsp3) is 0.684. The molecule has 24 heavy (non-hydrogen) atoms. The van der Waals surface area contributed by atoms with E-state index < -0.39 is 12.1 Å². The normalized spacial score (nSPS) is 23.3. The zero-order valence-corrected chi connectivity index (χ0v) is 14.4. The second kappa shape index (κ2) is 8.93. The second-order valence-electron chi connectivity index (χ2n) is 7.01. The Kier molecular flexibility index (Phi) is 6.92. The maximum absolute atomic E-state index is 12.9. The molecule has 0 saturated heterocycles. The van der Waals surface area contributed by atoms with Gasteiger partial charge in [-0.25, -0.2) is 9.18 Å². The minimum Gasteiger partial charge on any atom is -0.479 e. The smallest absolute Gasteiger partial charge is 0.338 e. The van der Waals surface area contributed by atoms with E-state index in [4.69, 9.17) is 5.11 Å². The number of carboxylic acids is 1. The third-order valence-corrected chi connectivity index (χ3v) is 4.89. The summed E-state index contributed by atoms with van der Waals surface area (Å²) in [6.07, 6.45) is 9.59. The van der Waals surface area contributed by atoms with Crippen molar-refractivity contribution in [2.75, 3.05) is 6.54 Å². The van der Waals surface area contributed by atoms with Gasteiger partial charge in [-0.2, -0.15) is 0 Å². The minimum atomic E-state index is -1.72. The number of unbranched alkanes of at least 4 members (excludes halogenated alkanes) is 3. The predicted octanol–water partition coefficient (Wildman–Crippen LogP) is 3.81. The van der Waals surface area contributed by atoms with Gasteiger partial charge in [-0.15, -0.1) is 5.73 Å². The van der Waals surface area contributed by atoms with Gasteiger partial charge >= 0.3 is 5.97 Å². The largest absolute Gasteiger partial charge is 0.479 e. The molecule has 0 amide bonds. The van der Waals surface area contributed by atoms with E-state index in [0.717, 1.165) is 44.5 Å². The lowest BCUT2D eigenvalue weighted by Crippen LogP contribution is -2.49. The molecular formula is C19H29FN2O2. The Bertz CT molecular complexity index is 525. The average Bonchev–Trinajstić information content (AvgIpc) is 2.53. The standard InChI is InChI=1S/C19H29FN2O2/c1-15(21-13-5-3-2-4-10-17(20)18(23)24)22-19-11-6-8-16(14-19)9-7-12-19/h6,17,21-22H,1-5,7,9-14H2,(H,23,24). The fourth-order valence-corrected chi connectivity index (χ4v) is 3.60. The van der Waals surface area contributed by atoms with Crippen LogP contribution in [0.3, 0.4) is 0 Å². The zero-order chi connectivity index (χ0) is 17.4. The highest BCUT2D eigenvalue weighted by Gasteiger charge is 2.34. The van der Waals surface area contributed by atoms with Gasteiger partial charge in [0.15, 0.2) is 6.17 Å². The van der Waals surface area contributed by atoms with E-state index in [1.165, 1.54) is 24.8 Å². The number of alkyl halides is 1. The molecule has 1 fully saturated rings. The quantitative estimate of drug-likeness (QED) is 0.397. The highest BCUT2D eigenvalue weighted by Crippen LogP contribution is 2.37. The van der Waals surface area contributed by atoms with E-state index in [0.29, 0.717) is 6.42 Å². The number of hydrogen-bond donors (Lipinski definition) is 3. The number of hydrogen-bond acceptors (Lipinski definition) is 3. The monoisotopic (exact) mass is 336 g/mol. The molecule has 5 heteroatoms. The second-order valence-corrected chi connectivity index (χ2v) is 7.01. The molecule has 0 aliphatic heterocycles. The van der Waals surface area contributed by atoms with Crippen molar-refractivity contribution in [2.24, 2.45) is 0 Å². The Morgan fingerprint density at radius 1 is 1.42 bits per heavy atom. The van der Waals surface area contributed by atoms with Crippen LogP contribution in [-0.4, -0.2) is 29.3 Å². The van der Waals surface area contributed by atoms with E-state index in [2.05, 4.69) is 29.0 Å². The molecule has 1 saturated carbocycles. The highest BCUT2D eigenvalue weighted by atomic mass is 19.1. The van der Waals surface area contributed by atoms with Crippen molar-refractivity contribution in [3.8, 4) is 0 Å². The summed E-state index contributed by atoms with van der Waals surface area (Å²) < 4.78 is 12.9. The number of nitrogens with one attached hydrogen (secondary N) is 2. The van der Waals surface area contributed by atoms with Gasteiger partial charge in [0.25, 0.3) is 0 Å².